The number of phenols is 1. The Kier molecular flexibility index (Phi) is 6.01. The van der Waals surface area contributed by atoms with Gasteiger partial charge in [0.2, 0.25) is 0 Å². The molecule has 8 heteroatoms. The minimum Gasteiger partial charge on any atom is -0.505 e. The maximum atomic E-state index is 10.8. The molecule has 0 spiro atoms. The van der Waals surface area contributed by atoms with Gasteiger partial charge < -0.3 is 21.1 Å². The summed E-state index contributed by atoms with van der Waals surface area (Å²) in [5, 5.41) is 20.4. The first-order valence-electron chi connectivity index (χ1n) is 9.77. The highest BCUT2D eigenvalue weighted by atomic mass is 32.2. The maximum absolute atomic E-state index is 10.8. The van der Waals surface area contributed by atoms with Crippen LogP contribution in [0, 0.1) is 13.8 Å². The molecule has 6 nitrogen and oxygen atoms in total. The Labute approximate surface area is 195 Å². The molecule has 0 aromatic heterocycles. The van der Waals surface area contributed by atoms with Gasteiger partial charge in [-0.1, -0.05) is 18.2 Å². The number of phenolic OH excluding ortho intramolecular Hbond substituents is 1. The van der Waals surface area contributed by atoms with E-state index in [9.17, 15) is 9.66 Å². The van der Waals surface area contributed by atoms with Crippen molar-refractivity contribution in [3.8, 4) is 16.9 Å². The molecular weight excluding hydrogens is 440 g/mol. The van der Waals surface area contributed by atoms with E-state index in [2.05, 4.69) is 28.9 Å². The van der Waals surface area contributed by atoms with Crippen molar-refractivity contribution in [1.29, 1.82) is 0 Å². The molecular formula is C24H22N4O2S2. The van der Waals surface area contributed by atoms with Crippen molar-refractivity contribution in [2.45, 2.75) is 23.6 Å². The number of hydrogen-bond acceptors (Lipinski definition) is 8. The van der Waals surface area contributed by atoms with Crippen molar-refractivity contribution >= 4 is 58.2 Å². The molecule has 4 aromatic rings. The average molecular weight is 463 g/mol. The number of hydrogen-bond donors (Lipinski definition) is 5. The van der Waals surface area contributed by atoms with E-state index in [0.29, 0.717) is 38.3 Å². The van der Waals surface area contributed by atoms with Crippen molar-refractivity contribution in [2.24, 2.45) is 10.2 Å². The van der Waals surface area contributed by atoms with Gasteiger partial charge >= 0.3 is 0 Å². The number of nitrogens with two attached hydrogens (primary N) is 2. The van der Waals surface area contributed by atoms with Gasteiger partial charge in [-0.25, -0.2) is 0 Å². The first kappa shape index (κ1) is 22.0. The van der Waals surface area contributed by atoms with Gasteiger partial charge in [0.25, 0.3) is 0 Å². The summed E-state index contributed by atoms with van der Waals surface area (Å²) in [4.78, 5) is 1.00. The summed E-state index contributed by atoms with van der Waals surface area (Å²) < 4.78 is 9.45. The number of rotatable bonds is 4. The van der Waals surface area contributed by atoms with Crippen LogP contribution in [0.15, 0.2) is 74.6 Å². The summed E-state index contributed by atoms with van der Waals surface area (Å²) in [7, 11) is 0. The maximum Gasteiger partial charge on any atom is 0.153 e. The molecule has 0 aliphatic rings. The Hall–Kier alpha value is -3.20. The number of azo groups is 1. The van der Waals surface area contributed by atoms with Crippen molar-refractivity contribution in [1.82, 2.24) is 0 Å². The van der Waals surface area contributed by atoms with Crippen LogP contribution >= 0.6 is 24.7 Å². The number of benzene rings is 4. The molecule has 0 fully saturated rings. The normalized spacial score (nSPS) is 11.5. The standard InChI is InChI=1S/C24H22N4O2S2/c1-12-9-14(3-6-17(12)25)15-4-7-18(13(2)10-15)27-28-19-8-5-16-20(31)11-21(32-30)23(26)22(16)24(19)29/h3-11,29-31H,25-26H2,1-2H3. The third kappa shape index (κ3) is 4.00. The minimum absolute atomic E-state index is 0.110. The second kappa shape index (κ2) is 8.74. The SMILES string of the molecule is Cc1cc(-c2ccc(N=Nc3ccc4c(S)cc(SO)c(N)c4c3O)c(C)c2)ccc1N. The highest BCUT2D eigenvalue weighted by Gasteiger charge is 2.15. The second-order valence-corrected chi connectivity index (χ2v) is 8.63. The number of anilines is 2. The van der Waals surface area contributed by atoms with Crippen molar-refractivity contribution in [2.75, 3.05) is 11.5 Å². The van der Waals surface area contributed by atoms with Crippen LogP contribution < -0.4 is 11.5 Å². The molecule has 0 aliphatic heterocycles. The van der Waals surface area contributed by atoms with E-state index in [-0.39, 0.29) is 17.1 Å². The van der Waals surface area contributed by atoms with E-state index in [4.69, 9.17) is 11.5 Å². The van der Waals surface area contributed by atoms with Gasteiger partial charge in [0.15, 0.2) is 5.75 Å². The number of nitrogen functional groups attached to an aromatic ring is 2. The van der Waals surface area contributed by atoms with Crippen LogP contribution in [0.3, 0.4) is 0 Å². The first-order chi connectivity index (χ1) is 15.3. The van der Waals surface area contributed by atoms with Crippen molar-refractivity contribution in [3.05, 3.63) is 65.7 Å². The minimum atomic E-state index is -0.110. The molecule has 0 radical (unpaired) electrons. The highest BCUT2D eigenvalue weighted by Crippen LogP contribution is 2.44. The quantitative estimate of drug-likeness (QED) is 0.0946. The van der Waals surface area contributed by atoms with Crippen LogP contribution in [0.4, 0.5) is 22.7 Å². The predicted octanol–water partition coefficient (Wildman–Crippen LogP) is 7.26. The zero-order valence-electron chi connectivity index (χ0n) is 17.5. The van der Waals surface area contributed by atoms with Gasteiger partial charge in [-0.15, -0.1) is 17.7 Å². The first-order valence-corrected chi connectivity index (χ1v) is 11.0. The van der Waals surface area contributed by atoms with E-state index >= 15 is 0 Å². The lowest BCUT2D eigenvalue weighted by atomic mass is 10.0. The lowest BCUT2D eigenvalue weighted by Crippen LogP contribution is -1.92. The van der Waals surface area contributed by atoms with Gasteiger partial charge in [-0.3, -0.25) is 0 Å². The fraction of sp³-hybridized carbons (Fsp3) is 0.0833. The number of aromatic hydroxyl groups is 1. The van der Waals surface area contributed by atoms with Gasteiger partial charge in [-0.05, 0) is 72.5 Å². The molecule has 0 saturated heterocycles. The molecule has 0 unspecified atom stereocenters. The molecule has 6 N–H and O–H groups in total. The van der Waals surface area contributed by atoms with Crippen molar-refractivity contribution in [3.63, 3.8) is 0 Å². The number of aryl methyl sites for hydroxylation is 2. The van der Waals surface area contributed by atoms with Crippen LogP contribution in [0.1, 0.15) is 11.1 Å². The van der Waals surface area contributed by atoms with Crippen LogP contribution in [-0.2, 0) is 0 Å². The number of nitrogens with zero attached hydrogens (tertiary/aromatic N) is 2. The van der Waals surface area contributed by atoms with Crippen LogP contribution in [0.5, 0.6) is 5.75 Å². The Morgan fingerprint density at radius 2 is 1.47 bits per heavy atom. The van der Waals surface area contributed by atoms with E-state index in [1.807, 2.05) is 44.2 Å². The average Bonchev–Trinajstić information content (AvgIpc) is 2.77. The van der Waals surface area contributed by atoms with Crippen LogP contribution in [-0.4, -0.2) is 9.66 Å². The zero-order valence-corrected chi connectivity index (χ0v) is 19.2. The van der Waals surface area contributed by atoms with Gasteiger partial charge in [0.1, 0.15) is 5.69 Å². The number of thiol groups is 1. The third-order valence-corrected chi connectivity index (χ3v) is 6.30. The molecule has 4 aromatic carbocycles. The molecule has 0 saturated carbocycles. The van der Waals surface area contributed by atoms with Crippen LogP contribution in [0.25, 0.3) is 21.9 Å². The lowest BCUT2D eigenvalue weighted by molar-refractivity contribution is 0.482. The third-order valence-electron chi connectivity index (χ3n) is 5.40. The summed E-state index contributed by atoms with van der Waals surface area (Å²) >= 11 is 4.93. The van der Waals surface area contributed by atoms with E-state index < -0.39 is 0 Å². The fourth-order valence-corrected chi connectivity index (χ4v) is 4.31. The largest absolute Gasteiger partial charge is 0.505 e. The molecule has 0 heterocycles. The molecule has 0 bridgehead atoms. The summed E-state index contributed by atoms with van der Waals surface area (Å²) in [6, 6.07) is 16.9. The Bertz CT molecular complexity index is 1390. The predicted molar refractivity (Wildman–Crippen MR) is 136 cm³/mol. The molecule has 162 valence electrons. The lowest BCUT2D eigenvalue weighted by Gasteiger charge is -2.11. The molecule has 0 amide bonds. The Balaban J connectivity index is 1.71. The summed E-state index contributed by atoms with van der Waals surface area (Å²) in [6.45, 7) is 3.94. The second-order valence-electron chi connectivity index (χ2n) is 7.53. The molecule has 0 atom stereocenters. The monoisotopic (exact) mass is 462 g/mol. The van der Waals surface area contributed by atoms with Gasteiger partial charge in [-0.2, -0.15) is 5.11 Å². The molecule has 4 rings (SSSR count). The van der Waals surface area contributed by atoms with E-state index in [1.54, 1.807) is 18.2 Å². The highest BCUT2D eigenvalue weighted by molar-refractivity contribution is 7.94. The van der Waals surface area contributed by atoms with Crippen LogP contribution in [0.2, 0.25) is 0 Å². The fourth-order valence-electron chi connectivity index (χ4n) is 3.54. The van der Waals surface area contributed by atoms with E-state index in [0.717, 1.165) is 27.9 Å². The summed E-state index contributed by atoms with van der Waals surface area (Å²) in [5.74, 6) is -0.110. The number of fused-ring (bicyclic) bond motifs is 1. The van der Waals surface area contributed by atoms with Crippen molar-refractivity contribution < 1.29 is 9.66 Å². The molecule has 32 heavy (non-hydrogen) atoms. The summed E-state index contributed by atoms with van der Waals surface area (Å²) in [6.07, 6.45) is 0. The summed E-state index contributed by atoms with van der Waals surface area (Å²) in [5.41, 5.74) is 18.1. The van der Waals surface area contributed by atoms with Gasteiger partial charge in [0.05, 0.1) is 21.7 Å². The topological polar surface area (TPSA) is 117 Å². The van der Waals surface area contributed by atoms with E-state index in [1.165, 1.54) is 0 Å². The molecule has 0 aliphatic carbocycles. The smallest absolute Gasteiger partial charge is 0.153 e. The zero-order chi connectivity index (χ0) is 23.0. The van der Waals surface area contributed by atoms with Gasteiger partial charge in [0, 0.05) is 28.0 Å². The Morgan fingerprint density at radius 3 is 2.12 bits per heavy atom. The Morgan fingerprint density at radius 1 is 0.844 bits per heavy atom.